The maximum Gasteiger partial charge on any atom is 0.138 e. The zero-order valence-electron chi connectivity index (χ0n) is 28.1. The van der Waals surface area contributed by atoms with Crippen LogP contribution in [0.2, 0.25) is 0 Å². The first-order chi connectivity index (χ1) is 25.8. The molecule has 2 aromatic heterocycles. The summed E-state index contributed by atoms with van der Waals surface area (Å²) in [7, 11) is 0. The van der Waals surface area contributed by atoms with Crippen LogP contribution in [0.5, 0.6) is 0 Å². The highest BCUT2D eigenvalue weighted by Crippen LogP contribution is 2.50. The molecule has 0 N–H and O–H groups in total. The average molecular weight is 663 g/mol. The normalized spacial score (nSPS) is 11.8. The van der Waals surface area contributed by atoms with Gasteiger partial charge in [0.25, 0.3) is 0 Å². The maximum absolute atomic E-state index is 6.33. The zero-order valence-corrected chi connectivity index (χ0v) is 28.1. The molecule has 0 saturated heterocycles. The van der Waals surface area contributed by atoms with Gasteiger partial charge in [-0.3, -0.25) is 4.98 Å². The van der Waals surface area contributed by atoms with Gasteiger partial charge >= 0.3 is 0 Å². The zero-order chi connectivity index (χ0) is 34.2. The van der Waals surface area contributed by atoms with Crippen molar-refractivity contribution in [2.24, 2.45) is 0 Å². The van der Waals surface area contributed by atoms with Crippen LogP contribution in [0.1, 0.15) is 0 Å². The van der Waals surface area contributed by atoms with Crippen molar-refractivity contribution in [1.29, 1.82) is 0 Å². The molecule has 242 valence electrons. The highest BCUT2D eigenvalue weighted by atomic mass is 16.3. The van der Waals surface area contributed by atoms with E-state index in [9.17, 15) is 0 Å². The molecule has 0 unspecified atom stereocenters. The van der Waals surface area contributed by atoms with Crippen molar-refractivity contribution in [3.8, 4) is 44.5 Å². The smallest absolute Gasteiger partial charge is 0.138 e. The molecular weight excluding hydrogens is 633 g/mol. The number of rotatable bonds is 5. The Bertz CT molecular complexity index is 2980. The van der Waals surface area contributed by atoms with Gasteiger partial charge < -0.3 is 9.32 Å². The first-order valence-corrected chi connectivity index (χ1v) is 17.7. The minimum Gasteiger partial charge on any atom is -0.456 e. The highest BCUT2D eigenvalue weighted by Gasteiger charge is 2.23. The molecule has 0 aliphatic heterocycles. The molecular formula is C49H30N2O. The second kappa shape index (κ2) is 11.3. The molecule has 0 radical (unpaired) electrons. The maximum atomic E-state index is 6.33. The van der Waals surface area contributed by atoms with Crippen molar-refractivity contribution in [1.82, 2.24) is 4.98 Å². The van der Waals surface area contributed by atoms with Gasteiger partial charge in [-0.05, 0) is 109 Å². The fraction of sp³-hybridized carbons (Fsp3) is 0. The monoisotopic (exact) mass is 662 g/mol. The van der Waals surface area contributed by atoms with Crippen LogP contribution in [0.25, 0.3) is 88.0 Å². The van der Waals surface area contributed by atoms with Crippen molar-refractivity contribution in [2.45, 2.75) is 0 Å². The van der Waals surface area contributed by atoms with Crippen molar-refractivity contribution in [2.75, 3.05) is 4.90 Å². The molecule has 3 nitrogen and oxygen atoms in total. The molecule has 11 rings (SSSR count). The van der Waals surface area contributed by atoms with Gasteiger partial charge in [-0.1, -0.05) is 127 Å². The third-order valence-corrected chi connectivity index (χ3v) is 10.7. The Hall–Kier alpha value is -6.97. The number of fused-ring (bicyclic) bond motifs is 7. The standard InChI is InChI=1S/C49H30N2O/c1-2-10-36-31(8-1)9-5-13-37(36)32-18-22-34(23-19-32)51(45-16-7-17-47-49(45)44-30-50-29-28-46(44)52-47)35-24-20-33(21-25-35)38-26-27-43-40-12-4-3-11-39(40)42-15-6-14-41(38)48(42)43/h1-30H. The Kier molecular flexibility index (Phi) is 6.25. The van der Waals surface area contributed by atoms with Gasteiger partial charge in [0, 0.05) is 29.2 Å². The summed E-state index contributed by atoms with van der Waals surface area (Å²) in [4.78, 5) is 6.81. The molecule has 0 amide bonds. The second-order valence-corrected chi connectivity index (χ2v) is 13.5. The average Bonchev–Trinajstić information content (AvgIpc) is 3.76. The second-order valence-electron chi connectivity index (χ2n) is 13.5. The number of benzene rings is 8. The van der Waals surface area contributed by atoms with E-state index in [4.69, 9.17) is 4.42 Å². The van der Waals surface area contributed by atoms with Crippen molar-refractivity contribution in [3.05, 3.63) is 182 Å². The summed E-state index contributed by atoms with van der Waals surface area (Å²) < 4.78 is 6.33. The predicted molar refractivity (Wildman–Crippen MR) is 217 cm³/mol. The van der Waals surface area contributed by atoms with E-state index in [0.29, 0.717) is 0 Å². The Morgan fingerprint density at radius 2 is 0.962 bits per heavy atom. The minimum absolute atomic E-state index is 0.827. The van der Waals surface area contributed by atoms with Crippen molar-refractivity contribution in [3.63, 3.8) is 0 Å². The number of anilines is 3. The third-order valence-electron chi connectivity index (χ3n) is 10.7. The number of nitrogens with zero attached hydrogens (tertiary/aromatic N) is 2. The topological polar surface area (TPSA) is 29.3 Å². The highest BCUT2D eigenvalue weighted by molar-refractivity contribution is 6.19. The van der Waals surface area contributed by atoms with Gasteiger partial charge in [-0.2, -0.15) is 0 Å². The van der Waals surface area contributed by atoms with Crippen LogP contribution in [0.15, 0.2) is 187 Å². The first kappa shape index (κ1) is 28.8. The van der Waals surface area contributed by atoms with Crippen LogP contribution in [0.4, 0.5) is 17.1 Å². The fourth-order valence-corrected chi connectivity index (χ4v) is 8.38. The Morgan fingerprint density at radius 1 is 0.385 bits per heavy atom. The SMILES string of the molecule is c1ccc2c(c1)-c1cccc3c(-c4ccc(N(c5ccc(-c6cccc7ccccc67)cc5)c5cccc6oc7ccncc7c56)cc4)ccc-2c13. The Morgan fingerprint density at radius 3 is 1.75 bits per heavy atom. The van der Waals surface area contributed by atoms with Crippen LogP contribution in [-0.2, 0) is 0 Å². The number of pyridine rings is 1. The fourth-order valence-electron chi connectivity index (χ4n) is 8.38. The van der Waals surface area contributed by atoms with E-state index in [1.54, 1.807) is 6.20 Å². The first-order valence-electron chi connectivity index (χ1n) is 17.7. The van der Waals surface area contributed by atoms with Crippen LogP contribution >= 0.6 is 0 Å². The molecule has 52 heavy (non-hydrogen) atoms. The molecule has 2 heterocycles. The number of furan rings is 1. The van der Waals surface area contributed by atoms with Gasteiger partial charge in [0.15, 0.2) is 0 Å². The van der Waals surface area contributed by atoms with Gasteiger partial charge in [0.1, 0.15) is 11.2 Å². The molecule has 8 aromatic carbocycles. The van der Waals surface area contributed by atoms with E-state index in [1.807, 2.05) is 18.3 Å². The molecule has 10 aromatic rings. The van der Waals surface area contributed by atoms with Gasteiger partial charge in [0.2, 0.25) is 0 Å². The molecule has 1 aliphatic rings. The summed E-state index contributed by atoms with van der Waals surface area (Å²) in [5, 5.41) is 7.14. The van der Waals surface area contributed by atoms with Crippen LogP contribution < -0.4 is 4.90 Å². The van der Waals surface area contributed by atoms with Crippen LogP contribution in [0, 0.1) is 0 Å². The Balaban J connectivity index is 1.06. The van der Waals surface area contributed by atoms with Crippen LogP contribution in [-0.4, -0.2) is 4.98 Å². The van der Waals surface area contributed by atoms with E-state index in [2.05, 4.69) is 168 Å². The summed E-state index contributed by atoms with van der Waals surface area (Å²) in [5.41, 5.74) is 14.9. The molecule has 1 aliphatic carbocycles. The van der Waals surface area contributed by atoms with Crippen molar-refractivity contribution < 1.29 is 4.42 Å². The van der Waals surface area contributed by atoms with Gasteiger partial charge in [-0.25, -0.2) is 0 Å². The molecule has 0 bridgehead atoms. The van der Waals surface area contributed by atoms with Crippen molar-refractivity contribution >= 4 is 60.5 Å². The van der Waals surface area contributed by atoms with E-state index >= 15 is 0 Å². The third kappa shape index (κ3) is 4.30. The van der Waals surface area contributed by atoms with Gasteiger partial charge in [-0.15, -0.1) is 0 Å². The van der Waals surface area contributed by atoms with Gasteiger partial charge in [0.05, 0.1) is 11.1 Å². The lowest BCUT2D eigenvalue weighted by atomic mass is 9.94. The molecule has 0 atom stereocenters. The van der Waals surface area contributed by atoms with E-state index in [-0.39, 0.29) is 0 Å². The number of hydrogen-bond donors (Lipinski definition) is 0. The molecule has 3 heteroatoms. The lowest BCUT2D eigenvalue weighted by Gasteiger charge is -2.27. The van der Waals surface area contributed by atoms with E-state index in [1.165, 1.54) is 66.1 Å². The number of aromatic nitrogens is 1. The quantitative estimate of drug-likeness (QED) is 0.184. The van der Waals surface area contributed by atoms with E-state index < -0.39 is 0 Å². The Labute approximate surface area is 300 Å². The largest absolute Gasteiger partial charge is 0.456 e. The summed E-state index contributed by atoms with van der Waals surface area (Å²) in [5.74, 6) is 0. The summed E-state index contributed by atoms with van der Waals surface area (Å²) in [6.07, 6.45) is 3.69. The molecule has 0 fully saturated rings. The minimum atomic E-state index is 0.827. The van der Waals surface area contributed by atoms with E-state index in [0.717, 1.165) is 39.0 Å². The summed E-state index contributed by atoms with van der Waals surface area (Å²) in [6, 6.07) is 61.3. The number of hydrogen-bond acceptors (Lipinski definition) is 3. The lowest BCUT2D eigenvalue weighted by Crippen LogP contribution is -2.10. The summed E-state index contributed by atoms with van der Waals surface area (Å²) >= 11 is 0. The molecule has 0 spiro atoms. The summed E-state index contributed by atoms with van der Waals surface area (Å²) in [6.45, 7) is 0. The molecule has 0 saturated carbocycles. The lowest BCUT2D eigenvalue weighted by molar-refractivity contribution is 0.668. The van der Waals surface area contributed by atoms with Crippen LogP contribution in [0.3, 0.4) is 0 Å². The predicted octanol–water partition coefficient (Wildman–Crippen LogP) is 13.7.